The average molecular weight is 419 g/mol. The molecule has 2 aromatic rings. The molecule has 31 heavy (non-hydrogen) atoms. The molecule has 0 saturated carbocycles. The molecule has 1 saturated heterocycles. The Morgan fingerprint density at radius 3 is 2.48 bits per heavy atom. The van der Waals surface area contributed by atoms with Crippen molar-refractivity contribution in [2.45, 2.75) is 50.9 Å². The molecule has 0 radical (unpaired) electrons. The van der Waals surface area contributed by atoms with Crippen LogP contribution in [-0.2, 0) is 21.4 Å². The second-order valence-corrected chi connectivity index (χ2v) is 8.79. The quantitative estimate of drug-likeness (QED) is 0.686. The lowest BCUT2D eigenvalue weighted by Gasteiger charge is -2.40. The SMILES string of the molecule is CC(=O)C1(c2ccccc2)CCN(CCCC(=O)c2ccc3c(c2)CCC(=O)N3)CC1. The minimum atomic E-state index is -0.369. The zero-order valence-corrected chi connectivity index (χ0v) is 18.2. The van der Waals surface area contributed by atoms with E-state index in [2.05, 4.69) is 22.3 Å². The third-order valence-corrected chi connectivity index (χ3v) is 6.91. The van der Waals surface area contributed by atoms with Crippen molar-refractivity contribution in [3.63, 3.8) is 0 Å². The number of piperidine rings is 1. The van der Waals surface area contributed by atoms with Gasteiger partial charge in [-0.05, 0) is 81.6 Å². The maximum Gasteiger partial charge on any atom is 0.224 e. The molecule has 1 N–H and O–H groups in total. The number of likely N-dealkylation sites (tertiary alicyclic amines) is 1. The second-order valence-electron chi connectivity index (χ2n) is 8.79. The summed E-state index contributed by atoms with van der Waals surface area (Å²) in [6, 6.07) is 15.7. The van der Waals surface area contributed by atoms with E-state index in [1.165, 1.54) is 0 Å². The van der Waals surface area contributed by atoms with Crippen LogP contribution in [0.25, 0.3) is 0 Å². The molecule has 2 aromatic carbocycles. The highest BCUT2D eigenvalue weighted by Crippen LogP contribution is 2.36. The molecule has 1 amide bonds. The number of hydrogen-bond donors (Lipinski definition) is 1. The monoisotopic (exact) mass is 418 g/mol. The van der Waals surface area contributed by atoms with Crippen LogP contribution in [0.4, 0.5) is 5.69 Å². The first-order valence-corrected chi connectivity index (χ1v) is 11.2. The minimum Gasteiger partial charge on any atom is -0.326 e. The number of nitrogens with one attached hydrogen (secondary N) is 1. The lowest BCUT2D eigenvalue weighted by molar-refractivity contribution is -0.124. The Balaban J connectivity index is 1.29. The van der Waals surface area contributed by atoms with Crippen LogP contribution in [0.5, 0.6) is 0 Å². The van der Waals surface area contributed by atoms with E-state index in [4.69, 9.17) is 0 Å². The molecule has 1 fully saturated rings. The maximum atomic E-state index is 12.7. The summed E-state index contributed by atoms with van der Waals surface area (Å²) in [5.74, 6) is 0.436. The van der Waals surface area contributed by atoms with Gasteiger partial charge in [0.05, 0.1) is 5.41 Å². The average Bonchev–Trinajstić information content (AvgIpc) is 2.79. The van der Waals surface area contributed by atoms with Crippen molar-refractivity contribution >= 4 is 23.2 Å². The van der Waals surface area contributed by atoms with Gasteiger partial charge in [0, 0.05) is 24.1 Å². The molecule has 5 heteroatoms. The van der Waals surface area contributed by atoms with Crippen molar-refractivity contribution in [3.05, 3.63) is 65.2 Å². The van der Waals surface area contributed by atoms with Crippen LogP contribution in [0.3, 0.4) is 0 Å². The maximum absolute atomic E-state index is 12.7. The van der Waals surface area contributed by atoms with Crippen molar-refractivity contribution in [2.24, 2.45) is 0 Å². The highest BCUT2D eigenvalue weighted by molar-refractivity contribution is 5.99. The lowest BCUT2D eigenvalue weighted by Crippen LogP contribution is -2.46. The van der Waals surface area contributed by atoms with Crippen molar-refractivity contribution in [1.29, 1.82) is 0 Å². The first kappa shape index (κ1) is 21.4. The number of benzene rings is 2. The number of Topliss-reactive ketones (excluding diaryl/α,β-unsaturated/α-hetero) is 2. The molecule has 0 aliphatic carbocycles. The largest absolute Gasteiger partial charge is 0.326 e. The molecular formula is C26H30N2O3. The van der Waals surface area contributed by atoms with Crippen molar-refractivity contribution in [1.82, 2.24) is 4.90 Å². The van der Waals surface area contributed by atoms with Gasteiger partial charge < -0.3 is 10.2 Å². The van der Waals surface area contributed by atoms with Crippen LogP contribution in [0.1, 0.15) is 60.5 Å². The van der Waals surface area contributed by atoms with Crippen LogP contribution in [-0.4, -0.2) is 42.0 Å². The number of carbonyl (C=O) groups is 3. The normalized spacial score (nSPS) is 18.2. The van der Waals surface area contributed by atoms with E-state index in [1.54, 1.807) is 6.92 Å². The summed E-state index contributed by atoms with van der Waals surface area (Å²) in [5.41, 5.74) is 3.36. The summed E-state index contributed by atoms with van der Waals surface area (Å²) >= 11 is 0. The molecule has 0 spiro atoms. The number of carbonyl (C=O) groups excluding carboxylic acids is 3. The third kappa shape index (κ3) is 4.62. The van der Waals surface area contributed by atoms with E-state index >= 15 is 0 Å². The number of fused-ring (bicyclic) bond motifs is 1. The van der Waals surface area contributed by atoms with Gasteiger partial charge in [-0.1, -0.05) is 30.3 Å². The highest BCUT2D eigenvalue weighted by atomic mass is 16.1. The second kappa shape index (κ2) is 9.15. The van der Waals surface area contributed by atoms with Gasteiger partial charge in [0.25, 0.3) is 0 Å². The van der Waals surface area contributed by atoms with Gasteiger partial charge in [-0.15, -0.1) is 0 Å². The number of ketones is 2. The topological polar surface area (TPSA) is 66.5 Å². The standard InChI is InChI=1S/C26H30N2O3/c1-19(29)26(22-6-3-2-4-7-22)13-16-28(17-14-26)15-5-8-24(30)21-9-11-23-20(18-21)10-12-25(31)27-23/h2-4,6-7,9,11,18H,5,8,10,12-17H2,1H3,(H,27,31). The van der Waals surface area contributed by atoms with E-state index in [9.17, 15) is 14.4 Å². The predicted octanol–water partition coefficient (Wildman–Crippen LogP) is 4.16. The number of aryl methyl sites for hydroxylation is 1. The lowest BCUT2D eigenvalue weighted by atomic mass is 9.70. The van der Waals surface area contributed by atoms with Crippen LogP contribution < -0.4 is 5.32 Å². The van der Waals surface area contributed by atoms with E-state index in [-0.39, 0.29) is 22.9 Å². The van der Waals surface area contributed by atoms with E-state index < -0.39 is 0 Å². The number of rotatable bonds is 7. The summed E-state index contributed by atoms with van der Waals surface area (Å²) in [4.78, 5) is 39.1. The highest BCUT2D eigenvalue weighted by Gasteiger charge is 2.40. The summed E-state index contributed by atoms with van der Waals surface area (Å²) in [6.45, 7) is 4.34. The number of nitrogens with zero attached hydrogens (tertiary/aromatic N) is 1. The van der Waals surface area contributed by atoms with Gasteiger partial charge >= 0.3 is 0 Å². The van der Waals surface area contributed by atoms with Crippen molar-refractivity contribution in [3.8, 4) is 0 Å². The fourth-order valence-corrected chi connectivity index (χ4v) is 4.92. The van der Waals surface area contributed by atoms with Crippen molar-refractivity contribution in [2.75, 3.05) is 25.0 Å². The minimum absolute atomic E-state index is 0.0363. The molecule has 0 unspecified atom stereocenters. The first-order valence-electron chi connectivity index (χ1n) is 11.2. The fourth-order valence-electron chi connectivity index (χ4n) is 4.92. The summed E-state index contributed by atoms with van der Waals surface area (Å²) < 4.78 is 0. The summed E-state index contributed by atoms with van der Waals surface area (Å²) in [7, 11) is 0. The van der Waals surface area contributed by atoms with Gasteiger partial charge in [-0.3, -0.25) is 14.4 Å². The predicted molar refractivity (Wildman–Crippen MR) is 121 cm³/mol. The molecule has 2 aliphatic heterocycles. The zero-order valence-electron chi connectivity index (χ0n) is 18.2. The molecule has 2 aliphatic rings. The van der Waals surface area contributed by atoms with E-state index in [1.807, 2.05) is 36.4 Å². The number of anilines is 1. The molecule has 5 nitrogen and oxygen atoms in total. The van der Waals surface area contributed by atoms with Crippen LogP contribution in [0.15, 0.2) is 48.5 Å². The molecule has 4 rings (SSSR count). The van der Waals surface area contributed by atoms with Gasteiger partial charge in [0.2, 0.25) is 5.91 Å². The van der Waals surface area contributed by atoms with Gasteiger partial charge in [-0.25, -0.2) is 0 Å². The summed E-state index contributed by atoms with van der Waals surface area (Å²) in [6.07, 6.45) is 4.15. The van der Waals surface area contributed by atoms with Gasteiger partial charge in [-0.2, -0.15) is 0 Å². The zero-order chi connectivity index (χ0) is 21.8. The molecule has 0 aromatic heterocycles. The van der Waals surface area contributed by atoms with Gasteiger partial charge in [0.15, 0.2) is 5.78 Å². The Hall–Kier alpha value is -2.79. The van der Waals surface area contributed by atoms with Crippen LogP contribution in [0, 0.1) is 0 Å². The Morgan fingerprint density at radius 1 is 1.03 bits per heavy atom. The van der Waals surface area contributed by atoms with Crippen LogP contribution in [0.2, 0.25) is 0 Å². The third-order valence-electron chi connectivity index (χ3n) is 6.91. The molecule has 0 atom stereocenters. The Kier molecular flexibility index (Phi) is 6.33. The Labute approximate surface area is 183 Å². The fraction of sp³-hybridized carbons (Fsp3) is 0.423. The smallest absolute Gasteiger partial charge is 0.224 e. The number of hydrogen-bond acceptors (Lipinski definition) is 4. The Bertz CT molecular complexity index is 975. The summed E-state index contributed by atoms with van der Waals surface area (Å²) in [5, 5.41) is 2.86. The molecular weight excluding hydrogens is 388 g/mol. The Morgan fingerprint density at radius 2 is 1.77 bits per heavy atom. The molecule has 2 heterocycles. The van der Waals surface area contributed by atoms with Gasteiger partial charge in [0.1, 0.15) is 5.78 Å². The molecule has 162 valence electrons. The molecule has 0 bridgehead atoms. The van der Waals surface area contributed by atoms with Crippen LogP contribution >= 0.6 is 0 Å². The van der Waals surface area contributed by atoms with E-state index in [0.29, 0.717) is 19.3 Å². The first-order chi connectivity index (χ1) is 15.0. The van der Waals surface area contributed by atoms with Crippen molar-refractivity contribution < 1.29 is 14.4 Å². The number of amides is 1. The van der Waals surface area contributed by atoms with E-state index in [0.717, 1.165) is 61.3 Å².